The molecule has 0 atom stereocenters. The van der Waals surface area contributed by atoms with Gasteiger partial charge >= 0.3 is 0 Å². The fraction of sp³-hybridized carbons (Fsp3) is 0.0213. The first kappa shape index (κ1) is 28.8. The van der Waals surface area contributed by atoms with Crippen LogP contribution in [0.3, 0.4) is 0 Å². The van der Waals surface area contributed by atoms with Gasteiger partial charge in [-0.2, -0.15) is 0 Å². The molecule has 0 spiro atoms. The highest BCUT2D eigenvalue weighted by molar-refractivity contribution is 6.32. The largest absolute Gasteiger partial charge is 0.454 e. The van der Waals surface area contributed by atoms with E-state index < -0.39 is 0 Å². The monoisotopic (exact) mass is 668 g/mol. The quantitative estimate of drug-likeness (QED) is 0.190. The molecule has 4 aromatic heterocycles. The first-order chi connectivity index (χ1) is 25.7. The molecule has 0 saturated heterocycles. The summed E-state index contributed by atoms with van der Waals surface area (Å²) in [5.41, 5.74) is 17.8. The number of hydrogen-bond acceptors (Lipinski definition) is 2. The van der Waals surface area contributed by atoms with Gasteiger partial charge in [-0.1, -0.05) is 109 Å². The van der Waals surface area contributed by atoms with Gasteiger partial charge in [0.05, 0.1) is 38.8 Å². The van der Waals surface area contributed by atoms with Crippen LogP contribution in [0.1, 0.15) is 6.92 Å². The summed E-state index contributed by atoms with van der Waals surface area (Å²) >= 11 is 0. The van der Waals surface area contributed by atoms with Crippen molar-refractivity contribution in [3.63, 3.8) is 0 Å². The Bertz CT molecular complexity index is 3310. The summed E-state index contributed by atoms with van der Waals surface area (Å²) in [5.74, 6) is 0.658. The highest BCUT2D eigenvalue weighted by Crippen LogP contribution is 2.46. The molecule has 0 aliphatic heterocycles. The summed E-state index contributed by atoms with van der Waals surface area (Å²) < 4.78 is 13.6. The lowest BCUT2D eigenvalue weighted by Gasteiger charge is -2.11. The zero-order valence-corrected chi connectivity index (χ0v) is 28.4. The first-order valence-corrected chi connectivity index (χ1v) is 17.7. The van der Waals surface area contributed by atoms with Gasteiger partial charge in [-0.25, -0.2) is 0 Å². The molecule has 4 heterocycles. The number of fused-ring (bicyclic) bond motifs is 14. The average molecular weight is 669 g/mol. The zero-order chi connectivity index (χ0) is 34.5. The van der Waals surface area contributed by atoms with Crippen molar-refractivity contribution in [2.24, 2.45) is 5.73 Å². The number of benzene rings is 7. The van der Waals surface area contributed by atoms with Gasteiger partial charge < -0.3 is 19.3 Å². The maximum absolute atomic E-state index is 7.23. The summed E-state index contributed by atoms with van der Waals surface area (Å²) in [5, 5.41) is 9.19. The molecular formula is C47H32N4O. The molecule has 5 nitrogen and oxygen atoms in total. The predicted octanol–water partition coefficient (Wildman–Crippen LogP) is 12.2. The Morgan fingerprint density at radius 1 is 0.519 bits per heavy atom. The van der Waals surface area contributed by atoms with Crippen molar-refractivity contribution in [2.75, 3.05) is 0 Å². The third kappa shape index (κ3) is 3.77. The molecule has 7 aromatic carbocycles. The molecule has 0 saturated carbocycles. The van der Waals surface area contributed by atoms with E-state index in [1.807, 2.05) is 37.3 Å². The van der Waals surface area contributed by atoms with Crippen molar-refractivity contribution in [2.45, 2.75) is 6.92 Å². The molecule has 0 unspecified atom stereocenters. The van der Waals surface area contributed by atoms with Crippen molar-refractivity contribution < 1.29 is 4.42 Å². The Kier molecular flexibility index (Phi) is 5.96. The number of nitrogens with zero attached hydrogens (tertiary/aromatic N) is 3. The van der Waals surface area contributed by atoms with Crippen molar-refractivity contribution in [3.8, 4) is 11.4 Å². The number of para-hydroxylation sites is 5. The zero-order valence-electron chi connectivity index (χ0n) is 28.4. The molecule has 11 rings (SSSR count). The third-order valence-corrected chi connectivity index (χ3v) is 10.7. The van der Waals surface area contributed by atoms with E-state index in [0.717, 1.165) is 88.0 Å². The molecule has 5 heteroatoms. The van der Waals surface area contributed by atoms with E-state index in [0.29, 0.717) is 5.82 Å². The Labute approximate surface area is 298 Å². The van der Waals surface area contributed by atoms with Gasteiger partial charge in [0.25, 0.3) is 0 Å². The van der Waals surface area contributed by atoms with Gasteiger partial charge in [0, 0.05) is 48.8 Å². The van der Waals surface area contributed by atoms with Gasteiger partial charge in [-0.15, -0.1) is 0 Å². The van der Waals surface area contributed by atoms with Crippen LogP contribution in [0.15, 0.2) is 168 Å². The van der Waals surface area contributed by atoms with E-state index in [9.17, 15) is 0 Å². The predicted molar refractivity (Wildman–Crippen MR) is 219 cm³/mol. The number of allylic oxidation sites excluding steroid dienone is 3. The van der Waals surface area contributed by atoms with E-state index in [1.54, 1.807) is 0 Å². The standard InChI is InChI=1S/C47H32N4O/c1-2-3-24-42(48)51-45-31(25-27-38-43(45)34-17-7-10-20-36(34)49(38)29-14-5-4-6-15-29)32-26-28-39-44(46(32)51)35-18-8-11-21-37(35)50(39)40-22-13-19-33-30-16-9-12-23-41(30)52-47(33)40/h2-28H,48H2,1H3/b3-2-,42-24+. The number of aromatic nitrogens is 3. The van der Waals surface area contributed by atoms with Crippen LogP contribution in [0, 0.1) is 0 Å². The van der Waals surface area contributed by atoms with Gasteiger partial charge in [-0.3, -0.25) is 4.57 Å². The van der Waals surface area contributed by atoms with Gasteiger partial charge in [0.15, 0.2) is 5.58 Å². The minimum atomic E-state index is 0.658. The van der Waals surface area contributed by atoms with Crippen molar-refractivity contribution >= 4 is 93.2 Å². The Hall–Kier alpha value is -6.98. The Balaban J connectivity index is 1.35. The molecule has 0 amide bonds. The third-order valence-electron chi connectivity index (χ3n) is 10.7. The van der Waals surface area contributed by atoms with Crippen LogP contribution in [0.2, 0.25) is 0 Å². The first-order valence-electron chi connectivity index (χ1n) is 17.7. The van der Waals surface area contributed by atoms with Gasteiger partial charge in [-0.05, 0) is 61.5 Å². The lowest BCUT2D eigenvalue weighted by atomic mass is 10.1. The van der Waals surface area contributed by atoms with E-state index >= 15 is 0 Å². The normalized spacial score (nSPS) is 12.8. The smallest absolute Gasteiger partial charge is 0.159 e. The highest BCUT2D eigenvalue weighted by Gasteiger charge is 2.25. The van der Waals surface area contributed by atoms with Crippen molar-refractivity contribution in [1.29, 1.82) is 0 Å². The van der Waals surface area contributed by atoms with Crippen LogP contribution in [-0.2, 0) is 0 Å². The average Bonchev–Trinajstić information content (AvgIpc) is 3.93. The number of hydrogen-bond donors (Lipinski definition) is 1. The maximum Gasteiger partial charge on any atom is 0.159 e. The fourth-order valence-electron chi connectivity index (χ4n) is 8.65. The van der Waals surface area contributed by atoms with E-state index in [4.69, 9.17) is 10.2 Å². The summed E-state index contributed by atoms with van der Waals surface area (Å²) in [7, 11) is 0. The number of furan rings is 1. The Morgan fingerprint density at radius 2 is 1.10 bits per heavy atom. The summed E-state index contributed by atoms with van der Waals surface area (Å²) in [6.07, 6.45) is 6.06. The minimum Gasteiger partial charge on any atom is -0.454 e. The molecule has 0 radical (unpaired) electrons. The van der Waals surface area contributed by atoms with Gasteiger partial charge in [0.1, 0.15) is 11.4 Å². The van der Waals surface area contributed by atoms with Gasteiger partial charge in [0.2, 0.25) is 0 Å². The van der Waals surface area contributed by atoms with E-state index in [-0.39, 0.29) is 0 Å². The second-order valence-electron chi connectivity index (χ2n) is 13.5. The summed E-state index contributed by atoms with van der Waals surface area (Å²) in [4.78, 5) is 0. The van der Waals surface area contributed by atoms with Crippen LogP contribution < -0.4 is 5.73 Å². The molecule has 52 heavy (non-hydrogen) atoms. The summed E-state index contributed by atoms with van der Waals surface area (Å²) in [6, 6.07) is 51.8. The van der Waals surface area contributed by atoms with Crippen LogP contribution >= 0.6 is 0 Å². The fourth-order valence-corrected chi connectivity index (χ4v) is 8.65. The number of nitrogens with two attached hydrogens (primary N) is 1. The molecule has 0 fully saturated rings. The van der Waals surface area contributed by atoms with Crippen LogP contribution in [0.4, 0.5) is 0 Å². The SMILES string of the molecule is C/C=C\C=C(/N)n1c2c(ccc3c2c2ccccc2n3-c2ccccc2)c2ccc3c(c4ccccc4n3-c3cccc4c3oc3ccccc34)c21. The molecule has 0 aliphatic carbocycles. The van der Waals surface area contributed by atoms with Crippen LogP contribution in [0.5, 0.6) is 0 Å². The van der Waals surface area contributed by atoms with E-state index in [2.05, 4.69) is 147 Å². The lowest BCUT2D eigenvalue weighted by molar-refractivity contribution is 0.666. The second kappa shape index (κ2) is 10.8. The van der Waals surface area contributed by atoms with E-state index in [1.165, 1.54) is 10.8 Å². The number of rotatable bonds is 4. The molecule has 2 N–H and O–H groups in total. The second-order valence-corrected chi connectivity index (χ2v) is 13.5. The van der Waals surface area contributed by atoms with Crippen molar-refractivity contribution in [3.05, 3.63) is 164 Å². The van der Waals surface area contributed by atoms with Crippen LogP contribution in [-0.4, -0.2) is 13.7 Å². The van der Waals surface area contributed by atoms with Crippen molar-refractivity contribution in [1.82, 2.24) is 13.7 Å². The molecular weight excluding hydrogens is 637 g/mol. The minimum absolute atomic E-state index is 0.658. The maximum atomic E-state index is 7.23. The Morgan fingerprint density at radius 3 is 1.79 bits per heavy atom. The summed E-state index contributed by atoms with van der Waals surface area (Å²) in [6.45, 7) is 2.02. The molecule has 0 bridgehead atoms. The molecule has 0 aliphatic rings. The topological polar surface area (TPSA) is 53.9 Å². The molecule has 11 aromatic rings. The lowest BCUT2D eigenvalue weighted by Crippen LogP contribution is -2.06. The van der Waals surface area contributed by atoms with Crippen LogP contribution in [0.25, 0.3) is 105 Å². The molecule has 246 valence electrons. The highest BCUT2D eigenvalue weighted by atomic mass is 16.3.